The van der Waals surface area contributed by atoms with Gasteiger partial charge in [-0.05, 0) is 45.1 Å². The second-order valence-corrected chi connectivity index (χ2v) is 4.23. The number of ketones is 1. The van der Waals surface area contributed by atoms with Gasteiger partial charge in [0.1, 0.15) is 0 Å². The fourth-order valence-electron chi connectivity index (χ4n) is 2.05. The molecule has 0 saturated carbocycles. The largest absolute Gasteiger partial charge is 0.306 e. The summed E-state index contributed by atoms with van der Waals surface area (Å²) in [7, 11) is 2.11. The van der Waals surface area contributed by atoms with Crippen LogP contribution < -0.4 is 0 Å². The zero-order valence-corrected chi connectivity index (χ0v) is 9.07. The van der Waals surface area contributed by atoms with E-state index in [4.69, 9.17) is 0 Å². The van der Waals surface area contributed by atoms with Crippen LogP contribution in [-0.4, -0.2) is 30.8 Å². The monoisotopic (exact) mass is 202 g/mol. The van der Waals surface area contributed by atoms with E-state index in [9.17, 15) is 4.79 Å². The van der Waals surface area contributed by atoms with E-state index < -0.39 is 0 Å². The van der Waals surface area contributed by atoms with Crippen LogP contribution in [0.3, 0.4) is 0 Å². The number of carbonyl (C=O) groups is 1. The number of hydrogen-bond acceptors (Lipinski definition) is 2. The lowest BCUT2D eigenvalue weighted by molar-refractivity contribution is 0.0857. The van der Waals surface area contributed by atoms with Gasteiger partial charge >= 0.3 is 0 Å². The minimum Gasteiger partial charge on any atom is -0.306 e. The highest BCUT2D eigenvalue weighted by molar-refractivity contribution is 5.97. The molecule has 2 rings (SSSR count). The van der Waals surface area contributed by atoms with E-state index in [0.29, 0.717) is 5.78 Å². The molecule has 15 heavy (non-hydrogen) atoms. The highest BCUT2D eigenvalue weighted by atomic mass is 16.1. The van der Waals surface area contributed by atoms with Crippen LogP contribution in [0.5, 0.6) is 0 Å². The summed E-state index contributed by atoms with van der Waals surface area (Å²) in [5.41, 5.74) is 0.812. The number of piperidine rings is 1. The second-order valence-electron chi connectivity index (χ2n) is 4.23. The molecule has 1 saturated heterocycles. The minimum absolute atomic E-state index is 0.219. The molecule has 2 nitrogen and oxygen atoms in total. The number of likely N-dealkylation sites (tertiary alicyclic amines) is 1. The average molecular weight is 202 g/mol. The zero-order valence-electron chi connectivity index (χ0n) is 9.07. The van der Waals surface area contributed by atoms with Gasteiger partial charge in [0, 0.05) is 11.5 Å². The molecule has 1 aliphatic rings. The third-order valence-electron chi connectivity index (χ3n) is 3.08. The lowest BCUT2D eigenvalue weighted by Gasteiger charge is -2.27. The van der Waals surface area contributed by atoms with Crippen LogP contribution in [0.4, 0.5) is 0 Å². The molecular weight excluding hydrogens is 186 g/mol. The summed E-state index contributed by atoms with van der Waals surface area (Å²) in [6, 6.07) is 10.3. The van der Waals surface area contributed by atoms with Crippen molar-refractivity contribution in [2.24, 2.45) is 5.92 Å². The lowest BCUT2D eigenvalue weighted by atomic mass is 9.89. The highest BCUT2D eigenvalue weighted by Gasteiger charge is 2.23. The van der Waals surface area contributed by atoms with Crippen LogP contribution in [0.1, 0.15) is 23.2 Å². The predicted octanol–water partition coefficient (Wildman–Crippen LogP) is 2.01. The first-order valence-corrected chi connectivity index (χ1v) is 5.46. The lowest BCUT2D eigenvalue weighted by Crippen LogP contribution is -2.33. The van der Waals surface area contributed by atoms with Gasteiger partial charge in [0.15, 0.2) is 5.78 Å². The van der Waals surface area contributed by atoms with Gasteiger partial charge in [-0.2, -0.15) is 0 Å². The molecule has 0 aliphatic carbocycles. The van der Waals surface area contributed by atoms with Gasteiger partial charge in [-0.15, -0.1) is 0 Å². The molecule has 1 heterocycles. The van der Waals surface area contributed by atoms with E-state index in [1.165, 1.54) is 0 Å². The van der Waals surface area contributed by atoms with Gasteiger partial charge in [0.2, 0.25) is 0 Å². The normalized spacial score (nSPS) is 19.0. The van der Waals surface area contributed by atoms with Crippen molar-refractivity contribution in [3.05, 3.63) is 35.9 Å². The van der Waals surface area contributed by atoms with Crippen LogP contribution in [0.2, 0.25) is 0 Å². The summed E-state index contributed by atoms with van der Waals surface area (Å²) in [4.78, 5) is 14.3. The Kier molecular flexibility index (Phi) is 3.17. The van der Waals surface area contributed by atoms with E-state index in [0.717, 1.165) is 31.5 Å². The van der Waals surface area contributed by atoms with Crippen molar-refractivity contribution < 1.29 is 4.79 Å². The van der Waals surface area contributed by atoms with Crippen molar-refractivity contribution in [3.63, 3.8) is 0 Å². The Bertz CT molecular complexity index is 326. The Balaban J connectivity index is 2.03. The molecule has 1 radical (unpaired) electrons. The highest BCUT2D eigenvalue weighted by Crippen LogP contribution is 2.20. The SMILES string of the molecule is CN1CCC(C(=O)c2c[c]ccc2)CC1. The van der Waals surface area contributed by atoms with Crippen molar-refractivity contribution in [1.82, 2.24) is 4.90 Å². The Morgan fingerprint density at radius 2 is 2.20 bits per heavy atom. The maximum Gasteiger partial charge on any atom is 0.166 e. The first kappa shape index (κ1) is 10.4. The molecule has 1 fully saturated rings. The maximum absolute atomic E-state index is 12.1. The molecule has 1 aromatic rings. The zero-order chi connectivity index (χ0) is 10.7. The molecular formula is C13H16NO. The van der Waals surface area contributed by atoms with E-state index >= 15 is 0 Å². The molecule has 2 heteroatoms. The number of carbonyl (C=O) groups excluding carboxylic acids is 1. The van der Waals surface area contributed by atoms with Crippen molar-refractivity contribution >= 4 is 5.78 Å². The molecule has 1 aromatic carbocycles. The fraction of sp³-hybridized carbons (Fsp3) is 0.462. The summed E-state index contributed by atoms with van der Waals surface area (Å²) < 4.78 is 0. The Morgan fingerprint density at radius 1 is 1.47 bits per heavy atom. The van der Waals surface area contributed by atoms with E-state index in [-0.39, 0.29) is 5.92 Å². The maximum atomic E-state index is 12.1. The van der Waals surface area contributed by atoms with Gasteiger partial charge in [-0.1, -0.05) is 18.2 Å². The quantitative estimate of drug-likeness (QED) is 0.684. The number of rotatable bonds is 2. The van der Waals surface area contributed by atoms with Crippen molar-refractivity contribution in [2.75, 3.05) is 20.1 Å². The predicted molar refractivity (Wildman–Crippen MR) is 59.8 cm³/mol. The molecule has 1 aliphatic heterocycles. The van der Waals surface area contributed by atoms with Gasteiger partial charge in [-0.25, -0.2) is 0 Å². The van der Waals surface area contributed by atoms with Gasteiger partial charge in [-0.3, -0.25) is 4.79 Å². The van der Waals surface area contributed by atoms with Gasteiger partial charge < -0.3 is 4.90 Å². The van der Waals surface area contributed by atoms with Crippen LogP contribution in [-0.2, 0) is 0 Å². The molecule has 0 bridgehead atoms. The van der Waals surface area contributed by atoms with Crippen LogP contribution in [0, 0.1) is 12.0 Å². The third kappa shape index (κ3) is 2.45. The molecule has 0 amide bonds. The number of Topliss-reactive ketones (excluding diaryl/α,β-unsaturated/α-hetero) is 1. The van der Waals surface area contributed by atoms with Crippen LogP contribution >= 0.6 is 0 Å². The topological polar surface area (TPSA) is 20.3 Å². The number of hydrogen-bond donors (Lipinski definition) is 0. The molecule has 0 N–H and O–H groups in total. The average Bonchev–Trinajstić information content (AvgIpc) is 2.30. The Labute approximate surface area is 90.9 Å². The molecule has 0 atom stereocenters. The van der Waals surface area contributed by atoms with Crippen molar-refractivity contribution in [2.45, 2.75) is 12.8 Å². The number of benzene rings is 1. The molecule has 0 aromatic heterocycles. The Hall–Kier alpha value is -1.15. The van der Waals surface area contributed by atoms with Gasteiger partial charge in [0.25, 0.3) is 0 Å². The third-order valence-corrected chi connectivity index (χ3v) is 3.08. The smallest absolute Gasteiger partial charge is 0.166 e. The summed E-state index contributed by atoms with van der Waals surface area (Å²) in [6.07, 6.45) is 1.98. The number of nitrogens with zero attached hydrogens (tertiary/aromatic N) is 1. The first-order chi connectivity index (χ1) is 7.27. The molecule has 0 spiro atoms. The van der Waals surface area contributed by atoms with Crippen LogP contribution in [0.25, 0.3) is 0 Å². The molecule has 79 valence electrons. The summed E-state index contributed by atoms with van der Waals surface area (Å²) in [6.45, 7) is 2.07. The van der Waals surface area contributed by atoms with E-state index in [2.05, 4.69) is 18.0 Å². The summed E-state index contributed by atoms with van der Waals surface area (Å²) in [5, 5.41) is 0. The standard InChI is InChI=1S/C13H16NO/c1-14-9-7-12(8-10-14)13(15)11-5-3-2-4-6-11/h2-3,5-6,12H,7-10H2,1H3. The minimum atomic E-state index is 0.219. The van der Waals surface area contributed by atoms with E-state index in [1.54, 1.807) is 6.07 Å². The van der Waals surface area contributed by atoms with Crippen molar-refractivity contribution in [1.29, 1.82) is 0 Å². The first-order valence-electron chi connectivity index (χ1n) is 5.46. The van der Waals surface area contributed by atoms with Crippen molar-refractivity contribution in [3.8, 4) is 0 Å². The second kappa shape index (κ2) is 4.58. The Morgan fingerprint density at radius 3 is 2.80 bits per heavy atom. The fourth-order valence-corrected chi connectivity index (χ4v) is 2.05. The summed E-state index contributed by atoms with van der Waals surface area (Å²) in [5.74, 6) is 0.511. The summed E-state index contributed by atoms with van der Waals surface area (Å²) >= 11 is 0. The molecule has 0 unspecified atom stereocenters. The van der Waals surface area contributed by atoms with E-state index in [1.807, 2.05) is 18.2 Å². The van der Waals surface area contributed by atoms with Crippen LogP contribution in [0.15, 0.2) is 24.3 Å². The van der Waals surface area contributed by atoms with Gasteiger partial charge in [0.05, 0.1) is 0 Å².